The number of hydrogen-bond acceptors (Lipinski definition) is 8. The Bertz CT molecular complexity index is 1670. The molecule has 1 saturated heterocycles. The number of urea groups is 1. The summed E-state index contributed by atoms with van der Waals surface area (Å²) in [4.78, 5) is 37.9. The van der Waals surface area contributed by atoms with E-state index < -0.39 is 24.3 Å². The number of esters is 1. The molecule has 0 unspecified atom stereocenters. The molecule has 1 aliphatic rings. The van der Waals surface area contributed by atoms with Crippen LogP contribution in [0.5, 0.6) is 0 Å². The number of aliphatic hydroxyl groups excluding tert-OH is 1. The second-order valence-corrected chi connectivity index (χ2v) is 12.4. The lowest BCUT2D eigenvalue weighted by atomic mass is 10.0. The fourth-order valence-electron chi connectivity index (χ4n) is 5.32. The number of methoxy groups -OCH3 is 1. The fraction of sp³-hybridized carbons (Fsp3) is 0.270. The molecule has 1 aliphatic heterocycles. The van der Waals surface area contributed by atoms with E-state index in [0.717, 1.165) is 27.3 Å². The smallest absolute Gasteiger partial charge is 0.328 e. The van der Waals surface area contributed by atoms with Gasteiger partial charge in [0.05, 0.1) is 25.9 Å². The maximum Gasteiger partial charge on any atom is 0.328 e. The zero-order chi connectivity index (χ0) is 33.9. The van der Waals surface area contributed by atoms with Crippen LogP contribution in [0.2, 0.25) is 0 Å². The molecule has 0 saturated carbocycles. The Hall–Kier alpha value is -4.68. The molecule has 4 N–H and O–H groups in total. The van der Waals surface area contributed by atoms with Crippen molar-refractivity contribution in [3.8, 4) is 0 Å². The van der Waals surface area contributed by atoms with Crippen molar-refractivity contribution in [1.29, 1.82) is 0 Å². The van der Waals surface area contributed by atoms with Crippen molar-refractivity contribution >= 4 is 41.0 Å². The van der Waals surface area contributed by atoms with E-state index in [1.54, 1.807) is 30.0 Å². The van der Waals surface area contributed by atoms with Crippen LogP contribution >= 0.6 is 11.8 Å². The maximum atomic E-state index is 13.0. The normalized spacial score (nSPS) is 17.9. The van der Waals surface area contributed by atoms with Crippen molar-refractivity contribution in [2.75, 3.05) is 23.5 Å². The van der Waals surface area contributed by atoms with Crippen LogP contribution in [0.4, 0.5) is 16.2 Å². The summed E-state index contributed by atoms with van der Waals surface area (Å²) in [5.41, 5.74) is 4.62. The van der Waals surface area contributed by atoms with Gasteiger partial charge >= 0.3 is 12.0 Å². The zero-order valence-electron chi connectivity index (χ0n) is 26.8. The largest absolute Gasteiger partial charge is 0.467 e. The highest BCUT2D eigenvalue weighted by Crippen LogP contribution is 2.40. The number of nitrogens with one attached hydrogen (secondary N) is 3. The first-order chi connectivity index (χ1) is 23.3. The van der Waals surface area contributed by atoms with Crippen molar-refractivity contribution in [3.05, 3.63) is 125 Å². The van der Waals surface area contributed by atoms with E-state index in [4.69, 9.17) is 14.2 Å². The van der Waals surface area contributed by atoms with E-state index in [1.807, 2.05) is 84.9 Å². The number of amides is 3. The molecule has 48 heavy (non-hydrogen) atoms. The molecule has 0 spiro atoms. The van der Waals surface area contributed by atoms with Crippen molar-refractivity contribution in [1.82, 2.24) is 5.32 Å². The molecule has 0 aliphatic carbocycles. The van der Waals surface area contributed by atoms with Gasteiger partial charge in [-0.25, -0.2) is 9.59 Å². The van der Waals surface area contributed by atoms with Crippen molar-refractivity contribution in [3.63, 3.8) is 0 Å². The first kappa shape index (κ1) is 34.6. The van der Waals surface area contributed by atoms with Crippen molar-refractivity contribution < 1.29 is 33.7 Å². The topological polar surface area (TPSA) is 135 Å². The maximum absolute atomic E-state index is 13.0. The minimum Gasteiger partial charge on any atom is -0.467 e. The third kappa shape index (κ3) is 9.91. The summed E-state index contributed by atoms with van der Waals surface area (Å²) in [7, 11) is 1.29. The molecule has 5 rings (SSSR count). The first-order valence-corrected chi connectivity index (χ1v) is 16.6. The van der Waals surface area contributed by atoms with Gasteiger partial charge in [-0.15, -0.1) is 11.8 Å². The van der Waals surface area contributed by atoms with E-state index in [0.29, 0.717) is 23.4 Å². The molecule has 0 radical (unpaired) electrons. The highest BCUT2D eigenvalue weighted by Gasteiger charge is 2.32. The van der Waals surface area contributed by atoms with E-state index in [1.165, 1.54) is 14.0 Å². The third-order valence-corrected chi connectivity index (χ3v) is 8.86. The van der Waals surface area contributed by atoms with E-state index >= 15 is 0 Å². The summed E-state index contributed by atoms with van der Waals surface area (Å²) < 4.78 is 17.9. The van der Waals surface area contributed by atoms with Gasteiger partial charge in [0.15, 0.2) is 6.29 Å². The Labute approximate surface area is 284 Å². The molecule has 4 aromatic rings. The van der Waals surface area contributed by atoms with E-state index in [-0.39, 0.29) is 31.1 Å². The minimum atomic E-state index is -0.872. The van der Waals surface area contributed by atoms with Crippen molar-refractivity contribution in [2.24, 2.45) is 0 Å². The zero-order valence-corrected chi connectivity index (χ0v) is 27.6. The lowest BCUT2D eigenvalue weighted by Crippen LogP contribution is -2.45. The number of thioether (sulfide) groups is 1. The molecule has 0 bridgehead atoms. The molecule has 3 amide bonds. The van der Waals surface area contributed by atoms with Gasteiger partial charge in [-0.2, -0.15) is 0 Å². The molecule has 10 nitrogen and oxygen atoms in total. The monoisotopic (exact) mass is 669 g/mol. The summed E-state index contributed by atoms with van der Waals surface area (Å²) in [5.74, 6) is -0.0119. The van der Waals surface area contributed by atoms with Crippen molar-refractivity contribution in [2.45, 2.75) is 55.8 Å². The van der Waals surface area contributed by atoms with Gasteiger partial charge in [-0.05, 0) is 53.1 Å². The van der Waals surface area contributed by atoms with Gasteiger partial charge in [0, 0.05) is 47.4 Å². The predicted molar refractivity (Wildman–Crippen MR) is 184 cm³/mol. The van der Waals surface area contributed by atoms with Crippen LogP contribution in [-0.2, 0) is 36.8 Å². The predicted octanol–water partition coefficient (Wildman–Crippen LogP) is 6.38. The number of aliphatic hydroxyl groups is 1. The number of ether oxygens (including phenoxy) is 3. The molecule has 1 heterocycles. The Morgan fingerprint density at radius 2 is 1.60 bits per heavy atom. The minimum absolute atomic E-state index is 0.0441. The quantitative estimate of drug-likeness (QED) is 0.101. The van der Waals surface area contributed by atoms with Gasteiger partial charge in [0.25, 0.3) is 0 Å². The van der Waals surface area contributed by atoms with Gasteiger partial charge in [0.1, 0.15) is 6.04 Å². The Kier molecular flexibility index (Phi) is 12.2. The molecule has 1 fully saturated rings. The van der Waals surface area contributed by atoms with E-state index in [9.17, 15) is 19.5 Å². The highest BCUT2D eigenvalue weighted by atomic mass is 32.2. The van der Waals surface area contributed by atoms with Gasteiger partial charge < -0.3 is 35.3 Å². The molecular weight excluding hydrogens is 630 g/mol. The summed E-state index contributed by atoms with van der Waals surface area (Å²) in [6.07, 6.45) is -0.278. The molecule has 250 valence electrons. The van der Waals surface area contributed by atoms with E-state index in [2.05, 4.69) is 16.0 Å². The van der Waals surface area contributed by atoms with Crippen LogP contribution in [0, 0.1) is 0 Å². The third-order valence-electron chi connectivity index (χ3n) is 7.72. The van der Waals surface area contributed by atoms with Gasteiger partial charge in [-0.1, -0.05) is 66.7 Å². The number of rotatable bonds is 12. The highest BCUT2D eigenvalue weighted by molar-refractivity contribution is 7.99. The Balaban J connectivity index is 1.28. The first-order valence-electron chi connectivity index (χ1n) is 15.6. The molecular formula is C37H39N3O7S. The van der Waals surface area contributed by atoms with Gasteiger partial charge in [0.2, 0.25) is 5.91 Å². The number of anilines is 2. The summed E-state index contributed by atoms with van der Waals surface area (Å²) in [6.45, 7) is 1.43. The lowest BCUT2D eigenvalue weighted by Gasteiger charge is -2.36. The molecule has 0 aromatic heterocycles. The second kappa shape index (κ2) is 16.9. The van der Waals surface area contributed by atoms with Crippen LogP contribution < -0.4 is 16.0 Å². The molecule has 11 heteroatoms. The Morgan fingerprint density at radius 1 is 0.854 bits per heavy atom. The summed E-state index contributed by atoms with van der Waals surface area (Å²) in [5, 5.41) is 17.8. The number of carbonyl (C=O) groups is 3. The summed E-state index contributed by atoms with van der Waals surface area (Å²) in [6, 6.07) is 30.5. The fourth-order valence-corrected chi connectivity index (χ4v) is 6.25. The number of hydrogen-bond donors (Lipinski definition) is 4. The van der Waals surface area contributed by atoms with Crippen LogP contribution in [0.3, 0.4) is 0 Å². The lowest BCUT2D eigenvalue weighted by molar-refractivity contribution is -0.245. The standard InChI is InChI=1S/C37H39N3O7S/c1-24(42)38-29-15-17-32(18-16-29)48-23-31-21-34(27-13-11-26(22-41)12-14-27)47-36(46-31)28-9-6-10-30(20-28)39-37(44)40-33(35(43)45-2)19-25-7-4-3-5-8-25/h3-18,20,31,33-34,36,41H,19,21-23H2,1-2H3,(H,38,42)(H2,39,40,44)/t31-,33+,34+,36+/m1/s1. The van der Waals surface area contributed by atoms with Crippen LogP contribution in [0.25, 0.3) is 0 Å². The summed E-state index contributed by atoms with van der Waals surface area (Å²) >= 11 is 1.65. The second-order valence-electron chi connectivity index (χ2n) is 11.4. The number of benzene rings is 4. The SMILES string of the molecule is COC(=O)[C@H](Cc1ccccc1)NC(=O)Nc1cccc([C@H]2O[C@@H](CSc3ccc(NC(C)=O)cc3)C[C@@H](c3ccc(CO)cc3)O2)c1. The molecule has 4 aromatic carbocycles. The Morgan fingerprint density at radius 3 is 2.29 bits per heavy atom. The average Bonchev–Trinajstić information content (AvgIpc) is 3.11. The van der Waals surface area contributed by atoms with Crippen LogP contribution in [0.1, 0.15) is 48.0 Å². The number of carbonyl (C=O) groups excluding carboxylic acids is 3. The average molecular weight is 670 g/mol. The van der Waals surface area contributed by atoms with Crippen LogP contribution in [-0.4, -0.2) is 48.0 Å². The van der Waals surface area contributed by atoms with Gasteiger partial charge in [-0.3, -0.25) is 4.79 Å². The molecule has 4 atom stereocenters. The van der Waals surface area contributed by atoms with Crippen LogP contribution in [0.15, 0.2) is 108 Å².